The highest BCUT2D eigenvalue weighted by atomic mass is 35.5. The van der Waals surface area contributed by atoms with Gasteiger partial charge in [-0.3, -0.25) is 14.7 Å². The van der Waals surface area contributed by atoms with Gasteiger partial charge in [-0.15, -0.1) is 10.2 Å². The fourth-order valence-electron chi connectivity index (χ4n) is 3.90. The van der Waals surface area contributed by atoms with Crippen molar-refractivity contribution in [2.24, 2.45) is 0 Å². The standard InChI is InChI=1S/C22H24ClN5O2/c1-4-24-20(29)12-18-22-27-26-13(2)28(22)19-10-9-16(30-3)11-17(19)21(25-18)14-5-7-15(23)8-6-14/h5-11,18,21,25H,4,12H2,1-3H3,(H,24,29)/t18-,21?/m0/s1. The molecule has 1 unspecified atom stereocenters. The third kappa shape index (κ3) is 3.78. The first-order chi connectivity index (χ1) is 14.5. The average molecular weight is 426 g/mol. The van der Waals surface area contributed by atoms with Crippen LogP contribution in [0, 0.1) is 6.92 Å². The Balaban J connectivity index is 1.89. The number of benzene rings is 2. The Morgan fingerprint density at radius 3 is 2.70 bits per heavy atom. The molecule has 1 aromatic heterocycles. The quantitative estimate of drug-likeness (QED) is 0.654. The molecule has 2 N–H and O–H groups in total. The van der Waals surface area contributed by atoms with Gasteiger partial charge in [-0.2, -0.15) is 0 Å². The summed E-state index contributed by atoms with van der Waals surface area (Å²) < 4.78 is 7.51. The monoisotopic (exact) mass is 425 g/mol. The van der Waals surface area contributed by atoms with E-state index in [9.17, 15) is 4.79 Å². The molecule has 0 bridgehead atoms. The van der Waals surface area contributed by atoms with E-state index in [1.165, 1.54) is 0 Å². The summed E-state index contributed by atoms with van der Waals surface area (Å²) in [6.45, 7) is 4.40. The fraction of sp³-hybridized carbons (Fsp3) is 0.318. The number of nitrogens with zero attached hydrogens (tertiary/aromatic N) is 3. The predicted octanol–water partition coefficient (Wildman–Crippen LogP) is 3.50. The zero-order chi connectivity index (χ0) is 21.3. The van der Waals surface area contributed by atoms with Crippen molar-refractivity contribution in [3.63, 3.8) is 0 Å². The second-order valence-electron chi connectivity index (χ2n) is 7.23. The Morgan fingerprint density at radius 2 is 2.00 bits per heavy atom. The molecule has 1 aliphatic rings. The largest absolute Gasteiger partial charge is 0.497 e. The Hall–Kier alpha value is -2.90. The second-order valence-corrected chi connectivity index (χ2v) is 7.66. The lowest BCUT2D eigenvalue weighted by Crippen LogP contribution is -2.32. The van der Waals surface area contributed by atoms with E-state index in [2.05, 4.69) is 20.8 Å². The van der Waals surface area contributed by atoms with E-state index in [0.717, 1.165) is 28.4 Å². The Labute approximate surface area is 180 Å². The van der Waals surface area contributed by atoms with E-state index < -0.39 is 0 Å². The molecule has 0 fully saturated rings. The second kappa shape index (κ2) is 8.45. The lowest BCUT2D eigenvalue weighted by atomic mass is 9.96. The van der Waals surface area contributed by atoms with Crippen molar-refractivity contribution in [3.05, 3.63) is 70.3 Å². The third-order valence-corrected chi connectivity index (χ3v) is 5.53. The maximum Gasteiger partial charge on any atom is 0.222 e. The number of halogens is 1. The van der Waals surface area contributed by atoms with Crippen molar-refractivity contribution in [3.8, 4) is 11.4 Å². The Morgan fingerprint density at radius 1 is 1.23 bits per heavy atom. The number of hydrogen-bond donors (Lipinski definition) is 2. The van der Waals surface area contributed by atoms with Crippen LogP contribution in [0.5, 0.6) is 5.75 Å². The molecule has 3 aromatic rings. The van der Waals surface area contributed by atoms with Crippen molar-refractivity contribution in [1.82, 2.24) is 25.4 Å². The van der Waals surface area contributed by atoms with E-state index >= 15 is 0 Å². The highest BCUT2D eigenvalue weighted by molar-refractivity contribution is 6.30. The van der Waals surface area contributed by atoms with Crippen LogP contribution in [-0.4, -0.2) is 34.3 Å². The molecule has 1 amide bonds. The lowest BCUT2D eigenvalue weighted by Gasteiger charge is -2.23. The fourth-order valence-corrected chi connectivity index (χ4v) is 4.02. The Kier molecular flexibility index (Phi) is 5.74. The summed E-state index contributed by atoms with van der Waals surface area (Å²) in [5, 5.41) is 15.9. The van der Waals surface area contributed by atoms with E-state index in [-0.39, 0.29) is 24.4 Å². The van der Waals surface area contributed by atoms with Crippen LogP contribution >= 0.6 is 11.6 Å². The van der Waals surface area contributed by atoms with Crippen LogP contribution < -0.4 is 15.4 Å². The highest BCUT2D eigenvalue weighted by Crippen LogP contribution is 2.38. The molecule has 2 aromatic carbocycles. The van der Waals surface area contributed by atoms with Gasteiger partial charge in [0.2, 0.25) is 5.91 Å². The summed E-state index contributed by atoms with van der Waals surface area (Å²) in [5.74, 6) is 2.18. The molecule has 0 saturated carbocycles. The van der Waals surface area contributed by atoms with Gasteiger partial charge in [0.05, 0.1) is 24.9 Å². The van der Waals surface area contributed by atoms with Gasteiger partial charge in [-0.05, 0) is 49.7 Å². The van der Waals surface area contributed by atoms with E-state index in [1.807, 2.05) is 60.9 Å². The highest BCUT2D eigenvalue weighted by Gasteiger charge is 2.33. The number of fused-ring (bicyclic) bond motifs is 3. The van der Waals surface area contributed by atoms with Gasteiger partial charge in [-0.1, -0.05) is 23.7 Å². The molecule has 1 aliphatic heterocycles. The zero-order valence-electron chi connectivity index (χ0n) is 17.1. The van der Waals surface area contributed by atoms with Gasteiger partial charge < -0.3 is 10.1 Å². The van der Waals surface area contributed by atoms with E-state index in [1.54, 1.807) is 7.11 Å². The van der Waals surface area contributed by atoms with E-state index in [4.69, 9.17) is 16.3 Å². The van der Waals surface area contributed by atoms with Crippen molar-refractivity contribution in [2.75, 3.05) is 13.7 Å². The maximum absolute atomic E-state index is 12.5. The first-order valence-electron chi connectivity index (χ1n) is 9.90. The van der Waals surface area contributed by atoms with Crippen LogP contribution in [-0.2, 0) is 4.79 Å². The van der Waals surface area contributed by atoms with Gasteiger partial charge >= 0.3 is 0 Å². The summed E-state index contributed by atoms with van der Waals surface area (Å²) in [4.78, 5) is 12.5. The topological polar surface area (TPSA) is 81.1 Å². The van der Waals surface area contributed by atoms with Gasteiger partial charge in [0, 0.05) is 23.6 Å². The third-order valence-electron chi connectivity index (χ3n) is 5.28. The number of methoxy groups -OCH3 is 1. The minimum atomic E-state index is -0.322. The molecule has 7 nitrogen and oxygen atoms in total. The summed E-state index contributed by atoms with van der Waals surface area (Å²) in [5.41, 5.74) is 3.00. The molecule has 0 spiro atoms. The molecule has 156 valence electrons. The first-order valence-corrected chi connectivity index (χ1v) is 10.3. The number of aryl methyl sites for hydroxylation is 1. The number of hydrogen-bond acceptors (Lipinski definition) is 5. The normalized spacial score (nSPS) is 17.6. The summed E-state index contributed by atoms with van der Waals surface area (Å²) >= 11 is 6.12. The van der Waals surface area contributed by atoms with Crippen molar-refractivity contribution >= 4 is 17.5 Å². The molecule has 0 radical (unpaired) electrons. The number of nitrogens with one attached hydrogen (secondary N) is 2. The number of carbonyl (C=O) groups is 1. The number of amides is 1. The van der Waals surface area contributed by atoms with Crippen molar-refractivity contribution in [1.29, 1.82) is 0 Å². The van der Waals surface area contributed by atoms with Gasteiger partial charge in [0.25, 0.3) is 0 Å². The Bertz CT molecular complexity index is 1060. The van der Waals surface area contributed by atoms with Crippen LogP contribution in [0.25, 0.3) is 5.69 Å². The van der Waals surface area contributed by atoms with Gasteiger partial charge in [-0.25, -0.2) is 0 Å². The summed E-state index contributed by atoms with van der Waals surface area (Å²) in [6.07, 6.45) is 0.251. The summed E-state index contributed by atoms with van der Waals surface area (Å²) in [6, 6.07) is 13.2. The molecule has 0 saturated heterocycles. The smallest absolute Gasteiger partial charge is 0.222 e. The molecule has 30 heavy (non-hydrogen) atoms. The van der Waals surface area contributed by atoms with Crippen LogP contribution in [0.4, 0.5) is 0 Å². The molecule has 2 atom stereocenters. The van der Waals surface area contributed by atoms with Crippen LogP contribution in [0.1, 0.15) is 48.2 Å². The minimum absolute atomic E-state index is 0.0411. The zero-order valence-corrected chi connectivity index (χ0v) is 17.9. The van der Waals surface area contributed by atoms with Crippen molar-refractivity contribution in [2.45, 2.75) is 32.4 Å². The number of rotatable bonds is 5. The average Bonchev–Trinajstić information content (AvgIpc) is 3.06. The maximum atomic E-state index is 12.5. The van der Waals surface area contributed by atoms with Crippen molar-refractivity contribution < 1.29 is 9.53 Å². The molecular formula is C22H24ClN5O2. The minimum Gasteiger partial charge on any atom is -0.497 e. The first kappa shape index (κ1) is 20.4. The van der Waals surface area contributed by atoms with Crippen LogP contribution in [0.2, 0.25) is 5.02 Å². The SMILES string of the molecule is CCNC(=O)C[C@@H]1NC(c2ccc(Cl)cc2)c2cc(OC)ccc2-n2c(C)nnc21. The van der Waals surface area contributed by atoms with Gasteiger partial charge in [0.1, 0.15) is 11.6 Å². The predicted molar refractivity (Wildman–Crippen MR) is 115 cm³/mol. The molecular weight excluding hydrogens is 402 g/mol. The molecule has 8 heteroatoms. The summed E-state index contributed by atoms with van der Waals surface area (Å²) in [7, 11) is 1.65. The van der Waals surface area contributed by atoms with E-state index in [0.29, 0.717) is 17.4 Å². The molecule has 4 rings (SSSR count). The van der Waals surface area contributed by atoms with Gasteiger partial charge in [0.15, 0.2) is 5.82 Å². The number of carbonyl (C=O) groups excluding carboxylic acids is 1. The van der Waals surface area contributed by atoms with Crippen LogP contribution in [0.15, 0.2) is 42.5 Å². The lowest BCUT2D eigenvalue weighted by molar-refractivity contribution is -0.121. The van der Waals surface area contributed by atoms with Crippen LogP contribution in [0.3, 0.4) is 0 Å². The molecule has 2 heterocycles. The number of ether oxygens (including phenoxy) is 1. The number of aromatic nitrogens is 3. The molecule has 0 aliphatic carbocycles.